The minimum absolute atomic E-state index is 0.0219. The molecule has 1 N–H and O–H groups in total. The maximum absolute atomic E-state index is 13.5. The van der Waals surface area contributed by atoms with Crippen LogP contribution in [0.1, 0.15) is 24.9 Å². The van der Waals surface area contributed by atoms with Gasteiger partial charge in [-0.2, -0.15) is 0 Å². The number of nitrogens with zero attached hydrogens (tertiary/aromatic N) is 1. The summed E-state index contributed by atoms with van der Waals surface area (Å²) >= 11 is 0. The fraction of sp³-hybridized carbons (Fsp3) is 0.120. The third kappa shape index (κ3) is 3.92. The first-order chi connectivity index (χ1) is 15.0. The number of rotatable bonds is 6. The highest BCUT2D eigenvalue weighted by Gasteiger charge is 2.43. The summed E-state index contributed by atoms with van der Waals surface area (Å²) in [6.07, 6.45) is 0.126. The number of anilines is 1. The van der Waals surface area contributed by atoms with Crippen LogP contribution in [0.2, 0.25) is 0 Å². The Bertz CT molecular complexity index is 1160. The number of carbonyl (C=O) groups is 2. The molecule has 1 unspecified atom stereocenters. The molecule has 3 aromatic rings. The van der Waals surface area contributed by atoms with Crippen molar-refractivity contribution in [3.63, 3.8) is 0 Å². The average Bonchev–Trinajstić information content (AvgIpc) is 3.05. The van der Waals surface area contributed by atoms with E-state index in [-0.39, 0.29) is 17.8 Å². The fourth-order valence-corrected chi connectivity index (χ4v) is 3.64. The number of carbonyl (C=O) groups excluding carboxylic acids is 2. The van der Waals surface area contributed by atoms with Crippen LogP contribution in [0.4, 0.5) is 10.1 Å². The molecule has 0 aliphatic carbocycles. The second kappa shape index (κ2) is 8.44. The van der Waals surface area contributed by atoms with Gasteiger partial charge in [0, 0.05) is 12.1 Å². The molecule has 0 aromatic heterocycles. The van der Waals surface area contributed by atoms with E-state index >= 15 is 0 Å². The first-order valence-electron chi connectivity index (χ1n) is 9.88. The van der Waals surface area contributed by atoms with E-state index in [2.05, 4.69) is 0 Å². The Morgan fingerprint density at radius 2 is 1.68 bits per heavy atom. The highest BCUT2D eigenvalue weighted by Crippen LogP contribution is 2.42. The Hall–Kier alpha value is -3.93. The predicted molar refractivity (Wildman–Crippen MR) is 115 cm³/mol. The van der Waals surface area contributed by atoms with E-state index in [1.807, 2.05) is 30.3 Å². The maximum Gasteiger partial charge on any atom is 0.294 e. The molecule has 6 heteroatoms. The Morgan fingerprint density at radius 3 is 2.35 bits per heavy atom. The van der Waals surface area contributed by atoms with Crippen molar-refractivity contribution in [2.45, 2.75) is 19.4 Å². The molecule has 4 rings (SSSR count). The van der Waals surface area contributed by atoms with Crippen molar-refractivity contribution >= 4 is 17.4 Å². The molecule has 0 fully saturated rings. The first-order valence-corrected chi connectivity index (χ1v) is 9.88. The third-order valence-corrected chi connectivity index (χ3v) is 5.09. The largest absolute Gasteiger partial charge is 0.503 e. The van der Waals surface area contributed by atoms with Gasteiger partial charge in [0.15, 0.2) is 11.5 Å². The smallest absolute Gasteiger partial charge is 0.294 e. The normalized spacial score (nSPS) is 16.0. The lowest BCUT2D eigenvalue weighted by atomic mass is 9.94. The number of halogens is 1. The van der Waals surface area contributed by atoms with Gasteiger partial charge in [0.05, 0.1) is 11.6 Å². The zero-order valence-electron chi connectivity index (χ0n) is 16.8. The Kier molecular flexibility index (Phi) is 5.54. The average molecular weight is 417 g/mol. The number of ether oxygens (including phenoxy) is 1. The van der Waals surface area contributed by atoms with Crippen molar-refractivity contribution in [1.29, 1.82) is 0 Å². The predicted octanol–water partition coefficient (Wildman–Crippen LogP) is 5.50. The van der Waals surface area contributed by atoms with Crippen LogP contribution in [0.5, 0.6) is 11.5 Å². The van der Waals surface area contributed by atoms with E-state index < -0.39 is 23.5 Å². The summed E-state index contributed by atoms with van der Waals surface area (Å²) in [4.78, 5) is 26.9. The summed E-state index contributed by atoms with van der Waals surface area (Å²) < 4.78 is 19.3. The van der Waals surface area contributed by atoms with E-state index in [1.165, 1.54) is 29.2 Å². The van der Waals surface area contributed by atoms with Crippen LogP contribution in [-0.2, 0) is 9.59 Å². The topological polar surface area (TPSA) is 66.8 Å². The monoisotopic (exact) mass is 417 g/mol. The molecule has 1 aliphatic heterocycles. The lowest BCUT2D eigenvalue weighted by Gasteiger charge is -2.27. The zero-order valence-corrected chi connectivity index (χ0v) is 16.8. The highest BCUT2D eigenvalue weighted by atomic mass is 19.1. The number of aliphatic hydroxyl groups is 1. The van der Waals surface area contributed by atoms with Crippen LogP contribution in [0.25, 0.3) is 0 Å². The van der Waals surface area contributed by atoms with Crippen molar-refractivity contribution in [3.05, 3.63) is 102 Å². The molecule has 156 valence electrons. The van der Waals surface area contributed by atoms with E-state index in [0.717, 1.165) is 0 Å². The molecule has 0 bridgehead atoms. The molecule has 1 amide bonds. The zero-order chi connectivity index (χ0) is 22.0. The lowest BCUT2D eigenvalue weighted by Crippen LogP contribution is -2.31. The Morgan fingerprint density at radius 1 is 1.00 bits per heavy atom. The summed E-state index contributed by atoms with van der Waals surface area (Å²) in [5.74, 6) is -0.925. The van der Waals surface area contributed by atoms with E-state index in [0.29, 0.717) is 22.7 Å². The summed E-state index contributed by atoms with van der Waals surface area (Å²) in [6, 6.07) is 20.7. The van der Waals surface area contributed by atoms with E-state index in [9.17, 15) is 19.1 Å². The highest BCUT2D eigenvalue weighted by molar-refractivity contribution is 6.16. The summed E-state index contributed by atoms with van der Waals surface area (Å²) in [5, 5.41) is 10.5. The van der Waals surface area contributed by atoms with Crippen LogP contribution < -0.4 is 9.64 Å². The number of amides is 1. The van der Waals surface area contributed by atoms with Crippen LogP contribution in [0.3, 0.4) is 0 Å². The summed E-state index contributed by atoms with van der Waals surface area (Å²) in [5.41, 5.74) is 0.983. The third-order valence-electron chi connectivity index (χ3n) is 5.09. The van der Waals surface area contributed by atoms with Gasteiger partial charge in [-0.1, -0.05) is 37.3 Å². The number of ketones is 1. The Balaban J connectivity index is 1.79. The van der Waals surface area contributed by atoms with Crippen molar-refractivity contribution in [2.24, 2.45) is 0 Å². The summed E-state index contributed by atoms with van der Waals surface area (Å²) in [6.45, 7) is 1.67. The number of hydrogen-bond donors (Lipinski definition) is 1. The molecular weight excluding hydrogens is 397 g/mol. The van der Waals surface area contributed by atoms with Crippen LogP contribution in [0, 0.1) is 5.82 Å². The number of benzene rings is 3. The van der Waals surface area contributed by atoms with Gasteiger partial charge >= 0.3 is 0 Å². The number of hydrogen-bond acceptors (Lipinski definition) is 4. The minimum Gasteiger partial charge on any atom is -0.503 e. The standard InChI is InChI=1S/C25H20FNO4/c1-2-21(28)22-23(27(25(30)24(22)29)18-13-11-17(26)12-14-18)16-7-6-10-20(15-16)31-19-8-4-3-5-9-19/h3-15,23,29H,2H2,1H3. The van der Waals surface area contributed by atoms with E-state index in [4.69, 9.17) is 4.74 Å². The quantitative estimate of drug-likeness (QED) is 0.575. The molecule has 0 saturated heterocycles. The number of para-hydroxylation sites is 1. The second-order valence-corrected chi connectivity index (χ2v) is 7.08. The molecule has 0 radical (unpaired) electrons. The van der Waals surface area contributed by atoms with Crippen molar-refractivity contribution < 1.29 is 23.8 Å². The van der Waals surface area contributed by atoms with Crippen LogP contribution in [-0.4, -0.2) is 16.8 Å². The molecule has 31 heavy (non-hydrogen) atoms. The number of Topliss-reactive ketones (excluding diaryl/α,β-unsaturated/α-hetero) is 1. The van der Waals surface area contributed by atoms with Gasteiger partial charge < -0.3 is 9.84 Å². The molecule has 1 heterocycles. The van der Waals surface area contributed by atoms with Gasteiger partial charge in [0.1, 0.15) is 17.3 Å². The van der Waals surface area contributed by atoms with Crippen molar-refractivity contribution in [1.82, 2.24) is 0 Å². The second-order valence-electron chi connectivity index (χ2n) is 7.08. The van der Waals surface area contributed by atoms with Gasteiger partial charge in [-0.3, -0.25) is 14.5 Å². The Labute approximate surface area is 179 Å². The van der Waals surface area contributed by atoms with Gasteiger partial charge in [0.2, 0.25) is 0 Å². The molecule has 3 aromatic carbocycles. The molecule has 0 spiro atoms. The van der Waals surface area contributed by atoms with Crippen molar-refractivity contribution in [2.75, 3.05) is 4.90 Å². The molecule has 0 saturated carbocycles. The lowest BCUT2D eigenvalue weighted by molar-refractivity contribution is -0.118. The van der Waals surface area contributed by atoms with Gasteiger partial charge in [-0.15, -0.1) is 0 Å². The molecule has 1 aliphatic rings. The SMILES string of the molecule is CCC(=O)C1=C(O)C(=O)N(c2ccc(F)cc2)C1c1cccc(Oc2ccccc2)c1. The first kappa shape index (κ1) is 20.3. The van der Waals surface area contributed by atoms with Crippen LogP contribution >= 0.6 is 0 Å². The fourth-order valence-electron chi connectivity index (χ4n) is 3.64. The number of aliphatic hydroxyl groups excluding tert-OH is 1. The molecule has 5 nitrogen and oxygen atoms in total. The van der Waals surface area contributed by atoms with Crippen LogP contribution in [0.15, 0.2) is 90.2 Å². The minimum atomic E-state index is -0.857. The van der Waals surface area contributed by atoms with Gasteiger partial charge in [-0.25, -0.2) is 4.39 Å². The summed E-state index contributed by atoms with van der Waals surface area (Å²) in [7, 11) is 0. The molecule has 1 atom stereocenters. The van der Waals surface area contributed by atoms with Crippen molar-refractivity contribution in [3.8, 4) is 11.5 Å². The molecular formula is C25H20FNO4. The van der Waals surface area contributed by atoms with Gasteiger partial charge in [0.25, 0.3) is 5.91 Å². The maximum atomic E-state index is 13.5. The van der Waals surface area contributed by atoms with Gasteiger partial charge in [-0.05, 0) is 54.1 Å². The van der Waals surface area contributed by atoms with E-state index in [1.54, 1.807) is 31.2 Å².